The van der Waals surface area contributed by atoms with Crippen LogP contribution in [0.1, 0.15) is 0 Å². The first-order valence-corrected chi connectivity index (χ1v) is 120. The second-order valence-electron chi connectivity index (χ2n) is 47.6. The fourth-order valence-corrected chi connectivity index (χ4v) is 119. The van der Waals surface area contributed by atoms with E-state index in [1.54, 1.807) is 0 Å². The molecule has 111 heavy (non-hydrogen) atoms. The molecule has 668 valence electrons. The van der Waals surface area contributed by atoms with Gasteiger partial charge in [0.2, 0.25) is 0 Å². The molecule has 0 saturated carbocycles. The topological polar surface area (TPSA) is 175 Å². The van der Waals surface area contributed by atoms with E-state index in [0.717, 1.165) is 48.7 Å². The third-order valence-corrected chi connectivity index (χ3v) is 96.6. The Kier molecular flexibility index (Phi) is 45.0. The summed E-state index contributed by atoms with van der Waals surface area (Å²) in [7, 11) is -64.5. The minimum atomic E-state index is -3.68. The zero-order valence-electron chi connectivity index (χ0n) is 82.6. The van der Waals surface area contributed by atoms with E-state index in [1.807, 2.05) is 0 Å². The Balaban J connectivity index is 9.05. The van der Waals surface area contributed by atoms with Crippen LogP contribution >= 0.6 is 0 Å². The van der Waals surface area contributed by atoms with Gasteiger partial charge >= 0.3 is 52.8 Å². The molecule has 19 nitrogen and oxygen atoms in total. The van der Waals surface area contributed by atoms with Gasteiger partial charge < -0.3 is 79.1 Å². The van der Waals surface area contributed by atoms with E-state index >= 15 is 0 Å². The molecular weight excluding hydrogens is 1830 g/mol. The monoisotopic (exact) mass is 2010 g/mol. The van der Waals surface area contributed by atoms with Crippen LogP contribution in [0, 0.1) is 0 Å². The molecule has 0 aromatic heterocycles. The molecule has 0 saturated heterocycles. The van der Waals surface area contributed by atoms with Crippen LogP contribution in [-0.2, 0) is 79.1 Å². The average Bonchev–Trinajstić information content (AvgIpc) is 0.789. The molecule has 0 rings (SSSR count). The lowest BCUT2D eigenvalue weighted by Crippen LogP contribution is -2.64. The Hall–Kier alpha value is 4.88. The van der Waals surface area contributed by atoms with Crippen LogP contribution in [0.25, 0.3) is 0 Å². The Morgan fingerprint density at radius 2 is 0.243 bits per heavy atom. The summed E-state index contributed by atoms with van der Waals surface area (Å²) in [5.74, 6) is 0. The molecule has 0 aromatic carbocycles. The molecule has 0 aliphatic carbocycles. The lowest BCUT2D eigenvalue weighted by Gasteiger charge is -2.47. The van der Waals surface area contributed by atoms with E-state index in [9.17, 15) is 0 Å². The molecule has 1 atom stereocenters. The van der Waals surface area contributed by atoms with Crippen molar-refractivity contribution in [1.82, 2.24) is 0 Å². The molecule has 0 spiro atoms. The first kappa shape index (κ1) is 116. The smallest absolute Gasteiger partial charge is 0.456 e. The maximum absolute atomic E-state index is 8.22. The molecule has 0 aliphatic rings. The number of hydrogen-bond donors (Lipinski definition) is 0. The van der Waals surface area contributed by atoms with E-state index in [2.05, 4.69) is 334 Å². The van der Waals surface area contributed by atoms with Gasteiger partial charge in [-0.15, -0.1) is 0 Å². The van der Waals surface area contributed by atoms with Crippen molar-refractivity contribution in [3.8, 4) is 0 Å². The average molecular weight is 2010 g/mol. The fraction of sp³-hybridized carbons (Fsp3) is 1.00. The summed E-state index contributed by atoms with van der Waals surface area (Å²) in [4.78, 5) is 0. The summed E-state index contributed by atoms with van der Waals surface area (Å²) in [6, 6.07) is 8.78. The van der Waals surface area contributed by atoms with Crippen molar-refractivity contribution in [2.75, 3.05) is 18.7 Å². The molecule has 1 unspecified atom stereocenters. The summed E-state index contributed by atoms with van der Waals surface area (Å²) < 4.78 is 144. The standard InChI is InChI=1S/C66H186O19Si26/c1-86(2)64-67-106(70-89(7,8)9,71-90(10,11)12)58-52-102(44,45)82-110(79-98(34,35)36,83-103(46,47)53-59-107(68-65-87(3)4,72-91(13,14)15)73-92(16,17)18)62-55-100(40,41)81-101(42,43)56-63-111(80-99(37,38)39,84-104(48,49)54-60-108(69-66-88(5)6,74-93(19,20)21)75-94(22,23)24)85-105(50,51)57-61-109(76-95(25,26)27,77-96(28,29)30)78-97(31,32)33/h86-88H,52-66H2,1-51H3. The number of hydrogen-bond acceptors (Lipinski definition) is 19. The van der Waals surface area contributed by atoms with Crippen molar-refractivity contribution < 1.29 is 79.1 Å². The van der Waals surface area contributed by atoms with E-state index in [0.29, 0.717) is 42.5 Å². The van der Waals surface area contributed by atoms with E-state index in [4.69, 9.17) is 79.1 Å². The minimum Gasteiger partial charge on any atom is -0.456 e. The molecule has 0 fully saturated rings. The quantitative estimate of drug-likeness (QED) is 0.0525. The molecule has 0 amide bonds. The fourth-order valence-electron chi connectivity index (χ4n) is 12.9. The summed E-state index contributed by atoms with van der Waals surface area (Å²) >= 11 is 0. The van der Waals surface area contributed by atoms with Crippen LogP contribution in [0.15, 0.2) is 0 Å². The first-order valence-electron chi connectivity index (χ1n) is 42.4. The van der Waals surface area contributed by atoms with Crippen molar-refractivity contribution in [2.45, 2.75) is 406 Å². The number of rotatable bonds is 59. The summed E-state index contributed by atoms with van der Waals surface area (Å²) in [6.07, 6.45) is 2.15. The molecule has 0 radical (unpaired) electrons. The molecule has 0 bridgehead atoms. The Bertz CT molecular complexity index is 2560. The van der Waals surface area contributed by atoms with Crippen LogP contribution in [0.5, 0.6) is 0 Å². The van der Waals surface area contributed by atoms with Gasteiger partial charge in [-0.05, 0) is 331 Å². The summed E-state index contributed by atoms with van der Waals surface area (Å²) in [5, 5.41) is 0. The van der Waals surface area contributed by atoms with E-state index in [-0.39, 0.29) is 0 Å². The van der Waals surface area contributed by atoms with Crippen molar-refractivity contribution in [1.29, 1.82) is 0 Å². The SMILES string of the molecule is C[SiH](C)CO[Si](CC[Si](C)(C)O[Si](CC[Si](C)(C)O[Si](C)(C)CC[Si](O[Si](C)(C)C)(O[Si](C)(C)CC[Si](OC[SiH](C)C)(O[Si](C)(C)C)O[Si](C)(C)C)O[Si](C)(C)CC[Si](O[Si](C)(C)C)(O[Si](C)(C)C)O[Si](C)(C)C)(O[Si](C)(C)C)O[Si](C)(C)CC[Si](OC[SiH](C)C)(O[Si](C)(C)C)O[Si](C)(C)C)(O[Si](C)(C)C)O[Si](C)(C)C. The molecule has 0 aromatic rings. The highest BCUT2D eigenvalue weighted by atomic mass is 28.5. The maximum Gasteiger partial charge on any atom is 0.479 e. The Morgan fingerprint density at radius 3 is 0.369 bits per heavy atom. The lowest BCUT2D eigenvalue weighted by molar-refractivity contribution is 0.185. The normalized spacial score (nSPS) is 16.2. The van der Waals surface area contributed by atoms with E-state index < -0.39 is 221 Å². The summed E-state index contributed by atoms with van der Waals surface area (Å²) in [5.41, 5.74) is 0. The third kappa shape index (κ3) is 56.6. The van der Waals surface area contributed by atoms with Crippen molar-refractivity contribution in [2.24, 2.45) is 0 Å². The van der Waals surface area contributed by atoms with Gasteiger partial charge in [-0.25, -0.2) is 0 Å². The predicted molar refractivity (Wildman–Crippen MR) is 546 cm³/mol. The highest BCUT2D eigenvalue weighted by Crippen LogP contribution is 2.44. The van der Waals surface area contributed by atoms with Gasteiger partial charge in [-0.2, -0.15) is 0 Å². The van der Waals surface area contributed by atoms with Crippen LogP contribution < -0.4 is 0 Å². The maximum atomic E-state index is 8.22. The van der Waals surface area contributed by atoms with Crippen LogP contribution in [0.2, 0.25) is 406 Å². The highest BCUT2D eigenvalue weighted by molar-refractivity contribution is 6.97. The second kappa shape index (κ2) is 43.1. The van der Waals surface area contributed by atoms with Gasteiger partial charge in [0.25, 0.3) is 0 Å². The highest BCUT2D eigenvalue weighted by Gasteiger charge is 2.60. The lowest BCUT2D eigenvalue weighted by atomic mass is 10.9. The van der Waals surface area contributed by atoms with Gasteiger partial charge in [0, 0.05) is 55.0 Å². The predicted octanol–water partition coefficient (Wildman–Crippen LogP) is 23.4. The van der Waals surface area contributed by atoms with E-state index in [1.165, 1.54) is 0 Å². The zero-order valence-corrected chi connectivity index (χ0v) is 109. The van der Waals surface area contributed by atoms with Gasteiger partial charge in [-0.1, -0.05) is 39.3 Å². The van der Waals surface area contributed by atoms with Gasteiger partial charge in [-0.3, -0.25) is 0 Å². The van der Waals surface area contributed by atoms with Gasteiger partial charge in [0.05, 0.1) is 26.4 Å². The zero-order chi connectivity index (χ0) is 88.3. The first-order chi connectivity index (χ1) is 48.3. The largest absolute Gasteiger partial charge is 0.479 e. The molecule has 0 heterocycles. The Labute approximate surface area is 718 Å². The Morgan fingerprint density at radius 1 is 0.135 bits per heavy atom. The van der Waals surface area contributed by atoms with Gasteiger partial charge in [0.1, 0.15) is 0 Å². The third-order valence-electron chi connectivity index (χ3n) is 15.5. The van der Waals surface area contributed by atoms with Crippen molar-refractivity contribution in [3.63, 3.8) is 0 Å². The molecule has 0 N–H and O–H groups in total. The van der Waals surface area contributed by atoms with Crippen LogP contribution in [0.4, 0.5) is 0 Å². The van der Waals surface area contributed by atoms with Crippen LogP contribution in [0.3, 0.4) is 0 Å². The molecule has 0 aliphatic heterocycles. The van der Waals surface area contributed by atoms with Crippen LogP contribution in [-0.4, -0.2) is 239 Å². The molecular formula is C66H186O19Si26. The minimum absolute atomic E-state index is 0.643. The second-order valence-corrected chi connectivity index (χ2v) is 153. The summed E-state index contributed by atoms with van der Waals surface area (Å²) in [6.45, 7) is 118. The van der Waals surface area contributed by atoms with Crippen molar-refractivity contribution in [3.05, 3.63) is 0 Å². The van der Waals surface area contributed by atoms with Gasteiger partial charge in [0.15, 0.2) is 141 Å². The van der Waals surface area contributed by atoms with Crippen molar-refractivity contribution >= 4 is 221 Å². The molecule has 45 heteroatoms.